The van der Waals surface area contributed by atoms with Gasteiger partial charge in [-0.15, -0.1) is 0 Å². The average Bonchev–Trinajstić information content (AvgIpc) is 3.26. The molecule has 29 heavy (non-hydrogen) atoms. The van der Waals surface area contributed by atoms with E-state index in [0.29, 0.717) is 34.2 Å². The SMILES string of the molecule is COC(=O)c1cc(CNC(=O)CCn2c(-c3cccc(C)c3)n[nH]c2=S)oc1C. The van der Waals surface area contributed by atoms with E-state index in [0.717, 1.165) is 11.1 Å². The number of rotatable bonds is 7. The fraction of sp³-hybridized carbons (Fsp3) is 0.300. The molecule has 0 atom stereocenters. The van der Waals surface area contributed by atoms with Crippen molar-refractivity contribution in [1.29, 1.82) is 0 Å². The van der Waals surface area contributed by atoms with E-state index in [9.17, 15) is 9.59 Å². The van der Waals surface area contributed by atoms with E-state index in [1.54, 1.807) is 17.6 Å². The Morgan fingerprint density at radius 3 is 2.83 bits per heavy atom. The number of carbonyl (C=O) groups is 2. The minimum atomic E-state index is -0.471. The molecule has 2 aromatic heterocycles. The van der Waals surface area contributed by atoms with Crippen molar-refractivity contribution >= 4 is 24.1 Å². The molecule has 2 N–H and O–H groups in total. The molecule has 0 aliphatic carbocycles. The number of aryl methyl sites for hydroxylation is 2. The smallest absolute Gasteiger partial charge is 0.341 e. The number of hydrogen-bond acceptors (Lipinski definition) is 6. The van der Waals surface area contributed by atoms with Crippen LogP contribution in [0.5, 0.6) is 0 Å². The van der Waals surface area contributed by atoms with E-state index in [1.807, 2.05) is 31.2 Å². The van der Waals surface area contributed by atoms with E-state index in [4.69, 9.17) is 21.4 Å². The van der Waals surface area contributed by atoms with Crippen LogP contribution in [0.2, 0.25) is 0 Å². The van der Waals surface area contributed by atoms with Crippen LogP contribution < -0.4 is 5.32 Å². The topological polar surface area (TPSA) is 102 Å². The molecule has 1 aromatic carbocycles. The molecule has 0 radical (unpaired) electrons. The second-order valence-corrected chi connectivity index (χ2v) is 6.96. The predicted octanol–water partition coefficient (Wildman–Crippen LogP) is 3.31. The normalized spacial score (nSPS) is 10.7. The Labute approximate surface area is 172 Å². The van der Waals surface area contributed by atoms with Gasteiger partial charge in [0.1, 0.15) is 17.1 Å². The lowest BCUT2D eigenvalue weighted by Gasteiger charge is -2.08. The van der Waals surface area contributed by atoms with Gasteiger partial charge in [-0.3, -0.25) is 14.5 Å². The van der Waals surface area contributed by atoms with Gasteiger partial charge in [-0.05, 0) is 38.2 Å². The number of H-pyrrole nitrogens is 1. The molecular weight excluding hydrogens is 392 g/mol. The third-order valence-corrected chi connectivity index (χ3v) is 4.74. The lowest BCUT2D eigenvalue weighted by atomic mass is 10.1. The molecule has 0 bridgehead atoms. The van der Waals surface area contributed by atoms with Crippen LogP contribution >= 0.6 is 12.2 Å². The number of amides is 1. The van der Waals surface area contributed by atoms with Crippen molar-refractivity contribution in [2.24, 2.45) is 0 Å². The van der Waals surface area contributed by atoms with Gasteiger partial charge in [0.25, 0.3) is 0 Å². The first-order valence-corrected chi connectivity index (χ1v) is 9.46. The molecule has 3 rings (SSSR count). The van der Waals surface area contributed by atoms with Crippen LogP contribution in [0.1, 0.15) is 33.9 Å². The summed E-state index contributed by atoms with van der Waals surface area (Å²) in [5.74, 6) is 0.986. The van der Waals surface area contributed by atoms with Gasteiger partial charge in [0.05, 0.1) is 13.7 Å². The predicted molar refractivity (Wildman–Crippen MR) is 109 cm³/mol. The fourth-order valence-electron chi connectivity index (χ4n) is 2.96. The monoisotopic (exact) mass is 414 g/mol. The molecule has 0 spiro atoms. The minimum absolute atomic E-state index is 0.169. The Morgan fingerprint density at radius 2 is 2.10 bits per heavy atom. The Balaban J connectivity index is 1.61. The molecule has 1 amide bonds. The van der Waals surface area contributed by atoms with Crippen LogP contribution in [0.25, 0.3) is 11.4 Å². The molecule has 0 unspecified atom stereocenters. The van der Waals surface area contributed by atoms with E-state index >= 15 is 0 Å². The molecule has 8 nitrogen and oxygen atoms in total. The van der Waals surface area contributed by atoms with E-state index in [2.05, 4.69) is 15.5 Å². The van der Waals surface area contributed by atoms with Crippen LogP contribution in [-0.2, 0) is 22.6 Å². The van der Waals surface area contributed by atoms with Crippen molar-refractivity contribution in [3.8, 4) is 11.4 Å². The fourth-order valence-corrected chi connectivity index (χ4v) is 3.18. The highest BCUT2D eigenvalue weighted by Crippen LogP contribution is 2.19. The Bertz CT molecular complexity index is 1100. The molecule has 0 aliphatic heterocycles. The number of furan rings is 1. The van der Waals surface area contributed by atoms with Gasteiger partial charge in [0.2, 0.25) is 5.91 Å². The molecule has 0 saturated heterocycles. The van der Waals surface area contributed by atoms with E-state index in [-0.39, 0.29) is 18.9 Å². The minimum Gasteiger partial charge on any atom is -0.465 e. The summed E-state index contributed by atoms with van der Waals surface area (Å²) >= 11 is 5.31. The van der Waals surface area contributed by atoms with Gasteiger partial charge in [-0.25, -0.2) is 4.79 Å². The van der Waals surface area contributed by atoms with Gasteiger partial charge < -0.3 is 14.5 Å². The molecule has 0 aliphatic rings. The summed E-state index contributed by atoms with van der Waals surface area (Å²) in [5.41, 5.74) is 2.39. The van der Waals surface area contributed by atoms with E-state index in [1.165, 1.54) is 7.11 Å². The summed E-state index contributed by atoms with van der Waals surface area (Å²) in [6.45, 7) is 4.24. The van der Waals surface area contributed by atoms with Crippen LogP contribution in [0.3, 0.4) is 0 Å². The quantitative estimate of drug-likeness (QED) is 0.454. The highest BCUT2D eigenvalue weighted by atomic mass is 32.1. The number of nitrogens with one attached hydrogen (secondary N) is 2. The van der Waals surface area contributed by atoms with Gasteiger partial charge in [0.15, 0.2) is 10.6 Å². The van der Waals surface area contributed by atoms with Crippen LogP contribution in [0.4, 0.5) is 0 Å². The summed E-state index contributed by atoms with van der Waals surface area (Å²) in [4.78, 5) is 23.9. The average molecular weight is 414 g/mol. The van der Waals surface area contributed by atoms with Crippen LogP contribution in [-0.4, -0.2) is 33.8 Å². The molecule has 2 heterocycles. The summed E-state index contributed by atoms with van der Waals surface area (Å²) < 4.78 is 12.4. The molecule has 0 fully saturated rings. The first-order chi connectivity index (χ1) is 13.9. The molecular formula is C20H22N4O4S. The number of benzene rings is 1. The highest BCUT2D eigenvalue weighted by molar-refractivity contribution is 7.71. The summed E-state index contributed by atoms with van der Waals surface area (Å²) in [6.07, 6.45) is 0.218. The van der Waals surface area contributed by atoms with Gasteiger partial charge in [-0.2, -0.15) is 5.10 Å². The van der Waals surface area contributed by atoms with Crippen molar-refractivity contribution in [3.05, 3.63) is 57.8 Å². The lowest BCUT2D eigenvalue weighted by Crippen LogP contribution is -2.24. The van der Waals surface area contributed by atoms with Crippen LogP contribution in [0, 0.1) is 18.6 Å². The second kappa shape index (κ2) is 8.87. The van der Waals surface area contributed by atoms with Crippen molar-refractivity contribution in [2.45, 2.75) is 33.4 Å². The van der Waals surface area contributed by atoms with Gasteiger partial charge >= 0.3 is 5.97 Å². The maximum atomic E-state index is 12.3. The molecule has 3 aromatic rings. The zero-order valence-electron chi connectivity index (χ0n) is 16.4. The Hall–Kier alpha value is -3.20. The number of aromatic amines is 1. The molecule has 0 saturated carbocycles. The summed E-state index contributed by atoms with van der Waals surface area (Å²) in [6, 6.07) is 9.49. The number of carbonyl (C=O) groups excluding carboxylic acids is 2. The standard InChI is InChI=1S/C20H22N4O4S/c1-12-5-4-6-14(9-12)18-22-23-20(29)24(18)8-7-17(25)21-11-15-10-16(13(2)28-15)19(26)27-3/h4-6,9-10H,7-8,11H2,1-3H3,(H,21,25)(H,23,29). The number of methoxy groups -OCH3 is 1. The molecule has 9 heteroatoms. The number of aromatic nitrogens is 3. The second-order valence-electron chi connectivity index (χ2n) is 6.57. The summed E-state index contributed by atoms with van der Waals surface area (Å²) in [5, 5.41) is 9.86. The maximum Gasteiger partial charge on any atom is 0.341 e. The van der Waals surface area contributed by atoms with Gasteiger partial charge in [0, 0.05) is 18.5 Å². The first kappa shape index (κ1) is 20.5. The number of esters is 1. The zero-order chi connectivity index (χ0) is 21.0. The third-order valence-electron chi connectivity index (χ3n) is 4.43. The number of nitrogens with zero attached hydrogens (tertiary/aromatic N) is 2. The Morgan fingerprint density at radius 1 is 1.31 bits per heavy atom. The third kappa shape index (κ3) is 4.80. The maximum absolute atomic E-state index is 12.3. The Kier molecular flexibility index (Phi) is 6.28. The van der Waals surface area contributed by atoms with Crippen molar-refractivity contribution < 1.29 is 18.7 Å². The largest absolute Gasteiger partial charge is 0.465 e. The van der Waals surface area contributed by atoms with Crippen molar-refractivity contribution in [3.63, 3.8) is 0 Å². The zero-order valence-corrected chi connectivity index (χ0v) is 17.3. The van der Waals surface area contributed by atoms with Crippen molar-refractivity contribution in [1.82, 2.24) is 20.1 Å². The van der Waals surface area contributed by atoms with Crippen molar-refractivity contribution in [2.75, 3.05) is 7.11 Å². The van der Waals surface area contributed by atoms with Crippen LogP contribution in [0.15, 0.2) is 34.7 Å². The number of ether oxygens (including phenoxy) is 1. The van der Waals surface area contributed by atoms with Gasteiger partial charge in [-0.1, -0.05) is 23.8 Å². The summed E-state index contributed by atoms with van der Waals surface area (Å²) in [7, 11) is 1.31. The van der Waals surface area contributed by atoms with E-state index < -0.39 is 5.97 Å². The highest BCUT2D eigenvalue weighted by Gasteiger charge is 2.16. The number of hydrogen-bond donors (Lipinski definition) is 2. The lowest BCUT2D eigenvalue weighted by molar-refractivity contribution is -0.121. The first-order valence-electron chi connectivity index (χ1n) is 9.05. The molecule has 152 valence electrons.